The second-order valence-corrected chi connectivity index (χ2v) is 6.16. The van der Waals surface area contributed by atoms with Crippen molar-refractivity contribution in [2.75, 3.05) is 6.54 Å². The van der Waals surface area contributed by atoms with Crippen LogP contribution >= 0.6 is 24.0 Å². The van der Waals surface area contributed by atoms with Crippen LogP contribution in [0.3, 0.4) is 0 Å². The number of fused-ring (bicyclic) bond motifs is 1. The van der Waals surface area contributed by atoms with E-state index in [9.17, 15) is 8.78 Å². The second-order valence-electron chi connectivity index (χ2n) is 6.16. The molecule has 0 bridgehead atoms. The molecule has 3 aromatic rings. The Morgan fingerprint density at radius 2 is 1.97 bits per heavy atom. The first kappa shape index (κ1) is 22.9. The number of para-hydroxylation sites is 1. The van der Waals surface area contributed by atoms with Gasteiger partial charge in [-0.2, -0.15) is 8.78 Å². The van der Waals surface area contributed by atoms with Gasteiger partial charge in [-0.3, -0.25) is 0 Å². The zero-order chi connectivity index (χ0) is 19.9. The number of aryl methyl sites for hydroxylation is 1. The van der Waals surface area contributed by atoms with E-state index < -0.39 is 6.61 Å². The van der Waals surface area contributed by atoms with Crippen LogP contribution in [0.15, 0.2) is 53.7 Å². The number of hydrogen-bond acceptors (Lipinski definition) is 3. The van der Waals surface area contributed by atoms with Gasteiger partial charge in [-0.25, -0.2) is 9.98 Å². The Kier molecular flexibility index (Phi) is 8.62. The molecular formula is C20H24F2IN5O. The normalized spacial score (nSPS) is 11.4. The number of guanidine groups is 1. The SMILES string of the molecule is CCNC(=NCc1ccccc1OC(F)F)NCc1cn2c(C)cccc2n1.I. The van der Waals surface area contributed by atoms with Crippen LogP contribution in [0.25, 0.3) is 5.65 Å². The maximum absolute atomic E-state index is 12.6. The molecule has 2 aromatic heterocycles. The average molecular weight is 515 g/mol. The van der Waals surface area contributed by atoms with E-state index in [1.807, 2.05) is 42.6 Å². The standard InChI is InChI=1S/C20H23F2N5O.HI/c1-3-23-20(24-11-15-8-4-5-9-17(15)28-19(21)22)25-12-16-13-27-14(2)7-6-10-18(27)26-16;/h4-10,13,19H,3,11-12H2,1-2H3,(H2,23,24,25);1H. The molecule has 0 saturated carbocycles. The summed E-state index contributed by atoms with van der Waals surface area (Å²) in [6.07, 6.45) is 1.98. The van der Waals surface area contributed by atoms with Gasteiger partial charge in [0.1, 0.15) is 11.4 Å². The molecule has 6 nitrogen and oxygen atoms in total. The van der Waals surface area contributed by atoms with Gasteiger partial charge in [0.2, 0.25) is 0 Å². The van der Waals surface area contributed by atoms with Gasteiger partial charge in [-0.1, -0.05) is 24.3 Å². The highest BCUT2D eigenvalue weighted by molar-refractivity contribution is 14.0. The lowest BCUT2D eigenvalue weighted by molar-refractivity contribution is -0.0504. The number of imidazole rings is 1. The zero-order valence-electron chi connectivity index (χ0n) is 16.2. The van der Waals surface area contributed by atoms with Crippen LogP contribution < -0.4 is 15.4 Å². The fourth-order valence-corrected chi connectivity index (χ4v) is 2.81. The van der Waals surface area contributed by atoms with Crippen molar-refractivity contribution in [3.8, 4) is 5.75 Å². The number of aromatic nitrogens is 2. The molecule has 9 heteroatoms. The lowest BCUT2D eigenvalue weighted by atomic mass is 10.2. The maximum atomic E-state index is 12.6. The fourth-order valence-electron chi connectivity index (χ4n) is 2.81. The molecule has 0 saturated heterocycles. The van der Waals surface area contributed by atoms with Crippen molar-refractivity contribution in [3.63, 3.8) is 0 Å². The monoisotopic (exact) mass is 515 g/mol. The minimum absolute atomic E-state index is 0. The van der Waals surface area contributed by atoms with E-state index in [0.29, 0.717) is 24.6 Å². The van der Waals surface area contributed by atoms with Crippen molar-refractivity contribution in [1.82, 2.24) is 20.0 Å². The van der Waals surface area contributed by atoms with E-state index in [1.165, 1.54) is 6.07 Å². The van der Waals surface area contributed by atoms with Crippen LogP contribution in [-0.2, 0) is 13.1 Å². The van der Waals surface area contributed by atoms with Gasteiger partial charge in [0, 0.05) is 24.0 Å². The quantitative estimate of drug-likeness (QED) is 0.283. The number of benzene rings is 1. The Bertz CT molecular complexity index is 961. The summed E-state index contributed by atoms with van der Waals surface area (Å²) < 4.78 is 31.7. The number of rotatable bonds is 7. The van der Waals surface area contributed by atoms with Crippen molar-refractivity contribution in [3.05, 3.63) is 65.6 Å². The summed E-state index contributed by atoms with van der Waals surface area (Å²) >= 11 is 0. The zero-order valence-corrected chi connectivity index (χ0v) is 18.6. The van der Waals surface area contributed by atoms with Crippen molar-refractivity contribution >= 4 is 35.6 Å². The molecule has 0 unspecified atom stereocenters. The second kappa shape index (κ2) is 10.9. The summed E-state index contributed by atoms with van der Waals surface area (Å²) in [5.74, 6) is 0.705. The van der Waals surface area contributed by atoms with Gasteiger partial charge < -0.3 is 19.8 Å². The predicted molar refractivity (Wildman–Crippen MR) is 120 cm³/mol. The third-order valence-electron chi connectivity index (χ3n) is 4.12. The molecule has 3 rings (SSSR count). The van der Waals surface area contributed by atoms with Crippen LogP contribution in [0, 0.1) is 6.92 Å². The Morgan fingerprint density at radius 3 is 2.69 bits per heavy atom. The van der Waals surface area contributed by atoms with Crippen LogP contribution in [-0.4, -0.2) is 28.5 Å². The van der Waals surface area contributed by atoms with E-state index in [-0.39, 0.29) is 36.3 Å². The Hall–Kier alpha value is -2.43. The first-order valence-corrected chi connectivity index (χ1v) is 9.05. The van der Waals surface area contributed by atoms with E-state index in [4.69, 9.17) is 0 Å². The first-order valence-electron chi connectivity index (χ1n) is 9.05. The number of alkyl halides is 2. The molecule has 2 heterocycles. The van der Waals surface area contributed by atoms with Crippen molar-refractivity contribution in [1.29, 1.82) is 0 Å². The summed E-state index contributed by atoms with van der Waals surface area (Å²) in [6, 6.07) is 12.6. The van der Waals surface area contributed by atoms with E-state index in [1.54, 1.807) is 18.2 Å². The lowest BCUT2D eigenvalue weighted by Crippen LogP contribution is -2.36. The van der Waals surface area contributed by atoms with Crippen LogP contribution in [0.5, 0.6) is 5.75 Å². The van der Waals surface area contributed by atoms with Crippen molar-refractivity contribution in [2.45, 2.75) is 33.5 Å². The van der Waals surface area contributed by atoms with E-state index >= 15 is 0 Å². The molecule has 156 valence electrons. The summed E-state index contributed by atoms with van der Waals surface area (Å²) in [4.78, 5) is 9.06. The molecule has 2 N–H and O–H groups in total. The molecule has 0 aliphatic carbocycles. The molecule has 0 atom stereocenters. The minimum Gasteiger partial charge on any atom is -0.434 e. The summed E-state index contributed by atoms with van der Waals surface area (Å²) in [5.41, 5.74) is 3.45. The summed E-state index contributed by atoms with van der Waals surface area (Å²) in [7, 11) is 0. The third kappa shape index (κ3) is 6.28. The van der Waals surface area contributed by atoms with E-state index in [0.717, 1.165) is 17.0 Å². The molecular weight excluding hydrogens is 491 g/mol. The molecule has 0 fully saturated rings. The Labute approximate surface area is 185 Å². The number of halogens is 3. The summed E-state index contributed by atoms with van der Waals surface area (Å²) in [6.45, 7) is 2.49. The molecule has 0 aliphatic heterocycles. The van der Waals surface area contributed by atoms with Crippen LogP contribution in [0.4, 0.5) is 8.78 Å². The number of aliphatic imine (C=N–C) groups is 1. The molecule has 0 aliphatic rings. The molecule has 0 spiro atoms. The first-order chi connectivity index (χ1) is 13.6. The number of hydrogen-bond donors (Lipinski definition) is 2. The Morgan fingerprint density at radius 1 is 1.17 bits per heavy atom. The van der Waals surface area contributed by atoms with E-state index in [2.05, 4.69) is 25.3 Å². The van der Waals surface area contributed by atoms with Crippen LogP contribution in [0.1, 0.15) is 23.9 Å². The van der Waals surface area contributed by atoms with Gasteiger partial charge in [0.15, 0.2) is 5.96 Å². The minimum atomic E-state index is -2.87. The lowest BCUT2D eigenvalue weighted by Gasteiger charge is -2.12. The third-order valence-corrected chi connectivity index (χ3v) is 4.12. The van der Waals surface area contributed by atoms with Crippen LogP contribution in [0.2, 0.25) is 0 Å². The smallest absolute Gasteiger partial charge is 0.387 e. The highest BCUT2D eigenvalue weighted by Gasteiger charge is 2.09. The number of ether oxygens (including phenoxy) is 1. The number of pyridine rings is 1. The topological polar surface area (TPSA) is 63.0 Å². The molecule has 0 amide bonds. The molecule has 1 aromatic carbocycles. The van der Waals surface area contributed by atoms with Crippen molar-refractivity contribution in [2.24, 2.45) is 4.99 Å². The van der Waals surface area contributed by atoms with Gasteiger partial charge >= 0.3 is 6.61 Å². The molecule has 29 heavy (non-hydrogen) atoms. The average Bonchev–Trinajstić information content (AvgIpc) is 3.09. The van der Waals surface area contributed by atoms with Gasteiger partial charge in [0.05, 0.1) is 18.8 Å². The largest absolute Gasteiger partial charge is 0.434 e. The van der Waals surface area contributed by atoms with Gasteiger partial charge in [0.25, 0.3) is 0 Å². The highest BCUT2D eigenvalue weighted by Crippen LogP contribution is 2.21. The summed E-state index contributed by atoms with van der Waals surface area (Å²) in [5, 5.41) is 6.37. The number of nitrogens with zero attached hydrogens (tertiary/aromatic N) is 3. The molecule has 0 radical (unpaired) electrons. The van der Waals surface area contributed by atoms with Crippen molar-refractivity contribution < 1.29 is 13.5 Å². The maximum Gasteiger partial charge on any atom is 0.387 e. The fraction of sp³-hybridized carbons (Fsp3) is 0.300. The number of nitrogens with one attached hydrogen (secondary N) is 2. The Balaban J connectivity index is 0.00000300. The van der Waals surface area contributed by atoms with Gasteiger partial charge in [-0.15, -0.1) is 24.0 Å². The highest BCUT2D eigenvalue weighted by atomic mass is 127. The van der Waals surface area contributed by atoms with Gasteiger partial charge in [-0.05, 0) is 32.0 Å². The predicted octanol–water partition coefficient (Wildman–Crippen LogP) is 4.12.